The fourth-order valence-electron chi connectivity index (χ4n) is 4.04. The number of oxazole rings is 1. The predicted molar refractivity (Wildman–Crippen MR) is 90.4 cm³/mol. The van der Waals surface area contributed by atoms with Crippen molar-refractivity contribution in [2.75, 3.05) is 32.9 Å². The molecular formula is C19H23FN2O3. The van der Waals surface area contributed by atoms with Crippen LogP contribution in [0.3, 0.4) is 0 Å². The van der Waals surface area contributed by atoms with E-state index in [0.717, 1.165) is 49.7 Å². The van der Waals surface area contributed by atoms with Gasteiger partial charge in [0, 0.05) is 43.1 Å². The summed E-state index contributed by atoms with van der Waals surface area (Å²) >= 11 is 0. The van der Waals surface area contributed by atoms with Gasteiger partial charge in [-0.25, -0.2) is 9.37 Å². The van der Waals surface area contributed by atoms with Crippen LogP contribution in [0.4, 0.5) is 4.39 Å². The minimum atomic E-state index is -0.275. The van der Waals surface area contributed by atoms with Crippen molar-refractivity contribution in [1.82, 2.24) is 9.88 Å². The molecule has 1 aromatic heterocycles. The van der Waals surface area contributed by atoms with Crippen LogP contribution in [-0.4, -0.2) is 47.9 Å². The van der Waals surface area contributed by atoms with Crippen LogP contribution in [0.25, 0.3) is 11.5 Å². The molecule has 5 nitrogen and oxygen atoms in total. The van der Waals surface area contributed by atoms with Crippen LogP contribution in [0.5, 0.6) is 0 Å². The Hall–Kier alpha value is -1.76. The maximum Gasteiger partial charge on any atom is 0.226 e. The summed E-state index contributed by atoms with van der Waals surface area (Å²) in [5.74, 6) is 1.39. The number of likely N-dealkylation sites (tertiary alicyclic amines) is 1. The summed E-state index contributed by atoms with van der Waals surface area (Å²) in [7, 11) is 0. The molecular weight excluding hydrogens is 323 g/mol. The van der Waals surface area contributed by atoms with Gasteiger partial charge in [-0.3, -0.25) is 4.90 Å². The molecule has 0 radical (unpaired) electrons. The molecule has 1 N–H and O–H groups in total. The number of ether oxygens (including phenoxy) is 1. The number of aromatic nitrogens is 1. The number of benzene rings is 1. The van der Waals surface area contributed by atoms with Gasteiger partial charge in [0.2, 0.25) is 5.89 Å². The lowest BCUT2D eigenvalue weighted by molar-refractivity contribution is -0.0417. The van der Waals surface area contributed by atoms with Gasteiger partial charge in [-0.1, -0.05) is 0 Å². The first-order chi connectivity index (χ1) is 12.1. The van der Waals surface area contributed by atoms with Crippen LogP contribution in [-0.2, 0) is 11.3 Å². The molecule has 0 aliphatic carbocycles. The number of halogens is 1. The Balaban J connectivity index is 1.51. The Morgan fingerprint density at radius 1 is 1.36 bits per heavy atom. The predicted octanol–water partition coefficient (Wildman–Crippen LogP) is 2.62. The number of hydrogen-bond acceptors (Lipinski definition) is 5. The Morgan fingerprint density at radius 2 is 2.16 bits per heavy atom. The van der Waals surface area contributed by atoms with Gasteiger partial charge in [0.1, 0.15) is 11.6 Å². The van der Waals surface area contributed by atoms with E-state index in [0.29, 0.717) is 18.4 Å². The molecule has 3 heterocycles. The highest BCUT2D eigenvalue weighted by Gasteiger charge is 2.47. The Morgan fingerprint density at radius 3 is 2.88 bits per heavy atom. The number of fused-ring (bicyclic) bond motifs is 1. The van der Waals surface area contributed by atoms with Crippen LogP contribution < -0.4 is 0 Å². The number of rotatable bonds is 4. The lowest BCUT2D eigenvalue weighted by Crippen LogP contribution is -2.41. The molecule has 6 heteroatoms. The molecule has 0 bridgehead atoms. The van der Waals surface area contributed by atoms with Crippen molar-refractivity contribution >= 4 is 0 Å². The Labute approximate surface area is 146 Å². The second-order valence-corrected chi connectivity index (χ2v) is 7.24. The molecule has 134 valence electrons. The highest BCUT2D eigenvalue weighted by Crippen LogP contribution is 2.42. The first kappa shape index (κ1) is 16.7. The van der Waals surface area contributed by atoms with E-state index in [1.165, 1.54) is 12.1 Å². The van der Waals surface area contributed by atoms with Crippen LogP contribution in [0.1, 0.15) is 17.9 Å². The lowest BCUT2D eigenvalue weighted by Gasteiger charge is -2.36. The molecule has 2 atom stereocenters. The van der Waals surface area contributed by atoms with Crippen LogP contribution in [0, 0.1) is 24.1 Å². The molecule has 4 rings (SSSR count). The lowest BCUT2D eigenvalue weighted by atomic mass is 9.75. The first-order valence-electron chi connectivity index (χ1n) is 8.73. The summed E-state index contributed by atoms with van der Waals surface area (Å²) in [6, 6.07) is 6.16. The van der Waals surface area contributed by atoms with Gasteiger partial charge in [-0.2, -0.15) is 0 Å². The summed E-state index contributed by atoms with van der Waals surface area (Å²) in [6.07, 6.45) is 0.906. The van der Waals surface area contributed by atoms with Crippen molar-refractivity contribution in [3.05, 3.63) is 41.5 Å². The standard InChI is InChI=1S/C19H23FN2O3/c1-13-17(21-18(25-13)14-2-4-16(20)5-3-14)9-22-8-15-10-24-7-6-19(15,11-22)12-23/h2-5,15,23H,6-12H2,1H3/t15-,19-/m1/s1. The smallest absolute Gasteiger partial charge is 0.226 e. The highest BCUT2D eigenvalue weighted by molar-refractivity contribution is 5.53. The van der Waals surface area contributed by atoms with E-state index >= 15 is 0 Å². The van der Waals surface area contributed by atoms with Gasteiger partial charge in [-0.05, 0) is 37.6 Å². The van der Waals surface area contributed by atoms with E-state index in [2.05, 4.69) is 9.88 Å². The molecule has 0 amide bonds. The first-order valence-corrected chi connectivity index (χ1v) is 8.73. The molecule has 25 heavy (non-hydrogen) atoms. The van der Waals surface area contributed by atoms with Gasteiger partial charge in [0.15, 0.2) is 0 Å². The van der Waals surface area contributed by atoms with Gasteiger partial charge in [-0.15, -0.1) is 0 Å². The fraction of sp³-hybridized carbons (Fsp3) is 0.526. The van der Waals surface area contributed by atoms with E-state index in [1.807, 2.05) is 6.92 Å². The van der Waals surface area contributed by atoms with Gasteiger partial charge >= 0.3 is 0 Å². The number of hydrogen-bond donors (Lipinski definition) is 1. The third-order valence-corrected chi connectivity index (χ3v) is 5.62. The van der Waals surface area contributed by atoms with Crippen LogP contribution in [0.15, 0.2) is 28.7 Å². The molecule has 0 spiro atoms. The van der Waals surface area contributed by atoms with Gasteiger partial charge in [0.25, 0.3) is 0 Å². The topological polar surface area (TPSA) is 58.7 Å². The monoisotopic (exact) mass is 346 g/mol. The van der Waals surface area contributed by atoms with Gasteiger partial charge in [0.05, 0.1) is 18.9 Å². The molecule has 2 saturated heterocycles. The zero-order valence-corrected chi connectivity index (χ0v) is 14.4. The van der Waals surface area contributed by atoms with Crippen molar-refractivity contribution in [1.29, 1.82) is 0 Å². The molecule has 0 saturated carbocycles. The average molecular weight is 346 g/mol. The molecule has 2 aliphatic heterocycles. The normalized spacial score (nSPS) is 26.8. The van der Waals surface area contributed by atoms with Gasteiger partial charge < -0.3 is 14.3 Å². The third-order valence-electron chi connectivity index (χ3n) is 5.62. The number of aryl methyl sites for hydroxylation is 1. The quantitative estimate of drug-likeness (QED) is 0.922. The summed E-state index contributed by atoms with van der Waals surface area (Å²) in [6.45, 7) is 6.00. The maximum absolute atomic E-state index is 13.1. The van der Waals surface area contributed by atoms with Crippen LogP contribution >= 0.6 is 0 Å². The number of nitrogens with zero attached hydrogens (tertiary/aromatic N) is 2. The van der Waals surface area contributed by atoms with E-state index in [-0.39, 0.29) is 17.8 Å². The summed E-state index contributed by atoms with van der Waals surface area (Å²) in [4.78, 5) is 6.94. The Bertz CT molecular complexity index is 746. The highest BCUT2D eigenvalue weighted by atomic mass is 19.1. The largest absolute Gasteiger partial charge is 0.441 e. The van der Waals surface area contributed by atoms with Crippen molar-refractivity contribution in [3.8, 4) is 11.5 Å². The van der Waals surface area contributed by atoms with E-state index in [9.17, 15) is 9.50 Å². The second-order valence-electron chi connectivity index (χ2n) is 7.24. The van der Waals surface area contributed by atoms with E-state index in [1.54, 1.807) is 12.1 Å². The van der Waals surface area contributed by atoms with Crippen molar-refractivity contribution in [2.24, 2.45) is 11.3 Å². The molecule has 2 fully saturated rings. The van der Waals surface area contributed by atoms with Crippen LogP contribution in [0.2, 0.25) is 0 Å². The summed E-state index contributed by atoms with van der Waals surface area (Å²) in [5.41, 5.74) is 1.62. The number of aliphatic hydroxyl groups is 1. The molecule has 2 aromatic rings. The zero-order valence-electron chi connectivity index (χ0n) is 14.4. The number of aliphatic hydroxyl groups excluding tert-OH is 1. The van der Waals surface area contributed by atoms with Crippen molar-refractivity contribution in [3.63, 3.8) is 0 Å². The summed E-state index contributed by atoms with van der Waals surface area (Å²) in [5, 5.41) is 9.92. The fourth-order valence-corrected chi connectivity index (χ4v) is 4.04. The molecule has 1 aromatic carbocycles. The second kappa shape index (κ2) is 6.52. The van der Waals surface area contributed by atoms with Crippen molar-refractivity contribution < 1.29 is 18.7 Å². The van der Waals surface area contributed by atoms with Crippen molar-refractivity contribution in [2.45, 2.75) is 19.9 Å². The van der Waals surface area contributed by atoms with E-state index < -0.39 is 0 Å². The maximum atomic E-state index is 13.1. The average Bonchev–Trinajstić information content (AvgIpc) is 3.16. The molecule has 0 unspecified atom stereocenters. The third kappa shape index (κ3) is 3.10. The minimum absolute atomic E-state index is 0.0460. The zero-order chi connectivity index (χ0) is 17.4. The van der Waals surface area contributed by atoms with E-state index in [4.69, 9.17) is 9.15 Å². The molecule has 2 aliphatic rings. The minimum Gasteiger partial charge on any atom is -0.441 e. The summed E-state index contributed by atoms with van der Waals surface area (Å²) < 4.78 is 24.5. The Kier molecular flexibility index (Phi) is 4.35. The SMILES string of the molecule is Cc1oc(-c2ccc(F)cc2)nc1CN1C[C@@H]2COCC[C@]2(CO)C1.